The molecule has 1 aromatic rings. The minimum atomic E-state index is 0.202. The fraction of sp³-hybridized carbons (Fsp3) is 0.615. The first-order chi connectivity index (χ1) is 7.77. The first kappa shape index (κ1) is 11.6. The summed E-state index contributed by atoms with van der Waals surface area (Å²) >= 11 is 0. The van der Waals surface area contributed by atoms with Crippen LogP contribution < -0.4 is 5.73 Å². The molecular formula is C13H20N2O. The number of hydrogen-bond acceptors (Lipinski definition) is 3. The summed E-state index contributed by atoms with van der Waals surface area (Å²) in [5.41, 5.74) is 8.35. The van der Waals surface area contributed by atoms with Crippen LogP contribution in [0.15, 0.2) is 18.3 Å². The van der Waals surface area contributed by atoms with Crippen LogP contribution in [0, 0.1) is 6.92 Å². The van der Waals surface area contributed by atoms with E-state index in [-0.39, 0.29) is 5.41 Å². The Morgan fingerprint density at radius 1 is 1.38 bits per heavy atom. The molecule has 0 aromatic carbocycles. The van der Waals surface area contributed by atoms with E-state index in [1.165, 1.54) is 5.56 Å². The maximum Gasteiger partial charge on any atom is 0.0474 e. The van der Waals surface area contributed by atoms with Crippen molar-refractivity contribution in [1.29, 1.82) is 0 Å². The predicted molar refractivity (Wildman–Crippen MR) is 64.4 cm³/mol. The maximum absolute atomic E-state index is 5.75. The highest BCUT2D eigenvalue weighted by molar-refractivity contribution is 5.24. The lowest BCUT2D eigenvalue weighted by molar-refractivity contribution is 0.0475. The molecule has 1 fully saturated rings. The summed E-state index contributed by atoms with van der Waals surface area (Å²) in [5.74, 6) is 0. The van der Waals surface area contributed by atoms with E-state index in [0.717, 1.165) is 44.7 Å². The molecule has 1 aliphatic heterocycles. The van der Waals surface area contributed by atoms with Crippen LogP contribution in [0.4, 0.5) is 0 Å². The van der Waals surface area contributed by atoms with Gasteiger partial charge in [-0.1, -0.05) is 6.07 Å². The number of pyridine rings is 1. The number of nitrogens with zero attached hydrogens (tertiary/aromatic N) is 1. The molecule has 0 spiro atoms. The van der Waals surface area contributed by atoms with Gasteiger partial charge in [0.1, 0.15) is 0 Å². The SMILES string of the molecule is Cc1ccc(C2(CCN)CCOCC2)cn1. The smallest absolute Gasteiger partial charge is 0.0474 e. The van der Waals surface area contributed by atoms with Crippen LogP contribution in [0.5, 0.6) is 0 Å². The highest BCUT2D eigenvalue weighted by Crippen LogP contribution is 2.37. The molecule has 1 aromatic heterocycles. The fourth-order valence-electron chi connectivity index (χ4n) is 2.50. The summed E-state index contributed by atoms with van der Waals surface area (Å²) in [6, 6.07) is 4.28. The van der Waals surface area contributed by atoms with Gasteiger partial charge in [0.25, 0.3) is 0 Å². The molecule has 16 heavy (non-hydrogen) atoms. The van der Waals surface area contributed by atoms with Crippen molar-refractivity contribution < 1.29 is 4.74 Å². The van der Waals surface area contributed by atoms with Crippen molar-refractivity contribution in [3.05, 3.63) is 29.6 Å². The second-order valence-electron chi connectivity index (χ2n) is 4.62. The van der Waals surface area contributed by atoms with Crippen LogP contribution in [0.3, 0.4) is 0 Å². The maximum atomic E-state index is 5.75. The third kappa shape index (κ3) is 2.25. The van der Waals surface area contributed by atoms with Crippen LogP contribution in [0.1, 0.15) is 30.5 Å². The van der Waals surface area contributed by atoms with Crippen LogP contribution in [-0.4, -0.2) is 24.7 Å². The Balaban J connectivity index is 2.26. The topological polar surface area (TPSA) is 48.1 Å². The average molecular weight is 220 g/mol. The van der Waals surface area contributed by atoms with Gasteiger partial charge in [0.2, 0.25) is 0 Å². The molecule has 3 heteroatoms. The number of hydrogen-bond donors (Lipinski definition) is 1. The molecule has 3 nitrogen and oxygen atoms in total. The summed E-state index contributed by atoms with van der Waals surface area (Å²) in [6.07, 6.45) is 5.17. The van der Waals surface area contributed by atoms with Gasteiger partial charge in [-0.2, -0.15) is 0 Å². The van der Waals surface area contributed by atoms with Crippen molar-refractivity contribution in [3.8, 4) is 0 Å². The van der Waals surface area contributed by atoms with Crippen molar-refractivity contribution >= 4 is 0 Å². The Labute approximate surface area is 97.0 Å². The molecule has 0 amide bonds. The summed E-state index contributed by atoms with van der Waals surface area (Å²) in [5, 5.41) is 0. The van der Waals surface area contributed by atoms with Gasteiger partial charge in [0.15, 0.2) is 0 Å². The van der Waals surface area contributed by atoms with Crippen LogP contribution >= 0.6 is 0 Å². The van der Waals surface area contributed by atoms with E-state index in [9.17, 15) is 0 Å². The Morgan fingerprint density at radius 3 is 2.69 bits per heavy atom. The van der Waals surface area contributed by atoms with E-state index >= 15 is 0 Å². The quantitative estimate of drug-likeness (QED) is 0.844. The number of aryl methyl sites for hydroxylation is 1. The lowest BCUT2D eigenvalue weighted by Gasteiger charge is -2.37. The summed E-state index contributed by atoms with van der Waals surface area (Å²) in [7, 11) is 0. The van der Waals surface area contributed by atoms with Gasteiger partial charge in [-0.05, 0) is 44.4 Å². The molecule has 0 unspecified atom stereocenters. The standard InChI is InChI=1S/C13H20N2O/c1-11-2-3-12(10-15-11)13(4-7-14)5-8-16-9-6-13/h2-3,10H,4-9,14H2,1H3. The first-order valence-corrected chi connectivity index (χ1v) is 5.98. The average Bonchev–Trinajstić information content (AvgIpc) is 2.31. The number of aromatic nitrogens is 1. The van der Waals surface area contributed by atoms with Gasteiger partial charge in [0, 0.05) is 30.5 Å². The summed E-state index contributed by atoms with van der Waals surface area (Å²) < 4.78 is 5.46. The van der Waals surface area contributed by atoms with E-state index in [2.05, 4.69) is 17.1 Å². The fourth-order valence-corrected chi connectivity index (χ4v) is 2.50. The van der Waals surface area contributed by atoms with Gasteiger partial charge >= 0.3 is 0 Å². The molecule has 2 rings (SSSR count). The van der Waals surface area contributed by atoms with Gasteiger partial charge in [-0.25, -0.2) is 0 Å². The van der Waals surface area contributed by atoms with E-state index < -0.39 is 0 Å². The number of nitrogens with two attached hydrogens (primary N) is 1. The molecule has 0 atom stereocenters. The van der Waals surface area contributed by atoms with E-state index in [1.807, 2.05) is 13.1 Å². The van der Waals surface area contributed by atoms with Crippen LogP contribution in [0.25, 0.3) is 0 Å². The molecular weight excluding hydrogens is 200 g/mol. The zero-order chi connectivity index (χ0) is 11.4. The summed E-state index contributed by atoms with van der Waals surface area (Å²) in [6.45, 7) is 4.43. The molecule has 0 radical (unpaired) electrons. The number of ether oxygens (including phenoxy) is 1. The lowest BCUT2D eigenvalue weighted by atomic mass is 9.72. The van der Waals surface area contributed by atoms with Crippen LogP contribution in [-0.2, 0) is 10.2 Å². The normalized spacial score (nSPS) is 19.6. The van der Waals surface area contributed by atoms with Gasteiger partial charge in [-0.3, -0.25) is 4.98 Å². The molecule has 2 heterocycles. The largest absolute Gasteiger partial charge is 0.381 e. The second-order valence-corrected chi connectivity index (χ2v) is 4.62. The van der Waals surface area contributed by atoms with Gasteiger partial charge in [-0.15, -0.1) is 0 Å². The van der Waals surface area contributed by atoms with Crippen molar-refractivity contribution in [2.75, 3.05) is 19.8 Å². The minimum Gasteiger partial charge on any atom is -0.381 e. The molecule has 1 saturated heterocycles. The third-order valence-electron chi connectivity index (χ3n) is 3.60. The van der Waals surface area contributed by atoms with Gasteiger partial charge < -0.3 is 10.5 Å². The van der Waals surface area contributed by atoms with Crippen molar-refractivity contribution in [3.63, 3.8) is 0 Å². The Bertz CT molecular complexity index is 323. The number of rotatable bonds is 3. The summed E-state index contributed by atoms with van der Waals surface area (Å²) in [4.78, 5) is 4.40. The van der Waals surface area contributed by atoms with E-state index in [4.69, 9.17) is 10.5 Å². The van der Waals surface area contributed by atoms with Crippen LogP contribution in [0.2, 0.25) is 0 Å². The minimum absolute atomic E-state index is 0.202. The zero-order valence-electron chi connectivity index (χ0n) is 9.91. The second kappa shape index (κ2) is 4.93. The predicted octanol–water partition coefficient (Wildman–Crippen LogP) is 1.79. The molecule has 1 aliphatic rings. The highest BCUT2D eigenvalue weighted by atomic mass is 16.5. The molecule has 2 N–H and O–H groups in total. The monoisotopic (exact) mass is 220 g/mol. The highest BCUT2D eigenvalue weighted by Gasteiger charge is 2.33. The Morgan fingerprint density at radius 2 is 2.12 bits per heavy atom. The van der Waals surface area contributed by atoms with Gasteiger partial charge in [0.05, 0.1) is 0 Å². The zero-order valence-corrected chi connectivity index (χ0v) is 9.91. The first-order valence-electron chi connectivity index (χ1n) is 5.98. The molecule has 0 saturated carbocycles. The molecule has 0 aliphatic carbocycles. The van der Waals surface area contributed by atoms with E-state index in [1.54, 1.807) is 0 Å². The van der Waals surface area contributed by atoms with Crippen molar-refractivity contribution in [2.45, 2.75) is 31.6 Å². The lowest BCUT2D eigenvalue weighted by Crippen LogP contribution is -2.36. The molecule has 0 bridgehead atoms. The van der Waals surface area contributed by atoms with Crippen molar-refractivity contribution in [1.82, 2.24) is 4.98 Å². The molecule has 88 valence electrons. The van der Waals surface area contributed by atoms with E-state index in [0.29, 0.717) is 0 Å². The van der Waals surface area contributed by atoms with Crippen molar-refractivity contribution in [2.24, 2.45) is 5.73 Å². The Hall–Kier alpha value is -0.930. The Kier molecular flexibility index (Phi) is 3.56. The third-order valence-corrected chi connectivity index (χ3v) is 3.60.